The van der Waals surface area contributed by atoms with E-state index in [9.17, 15) is 4.79 Å². The Balaban J connectivity index is 2.38. The second kappa shape index (κ2) is 5.20. The normalized spacial score (nSPS) is 23.9. The summed E-state index contributed by atoms with van der Waals surface area (Å²) in [5, 5.41) is 0. The van der Waals surface area contributed by atoms with Crippen LogP contribution in [0.5, 0.6) is 17.2 Å². The molecule has 20 heavy (non-hydrogen) atoms. The zero-order chi connectivity index (χ0) is 14.9. The fourth-order valence-electron chi connectivity index (χ4n) is 2.41. The molecule has 2 rings (SSSR count). The third-order valence-electron chi connectivity index (χ3n) is 3.66. The van der Waals surface area contributed by atoms with Gasteiger partial charge in [0.2, 0.25) is 5.75 Å². The zero-order valence-electron chi connectivity index (χ0n) is 12.1. The van der Waals surface area contributed by atoms with Gasteiger partial charge in [0, 0.05) is 5.92 Å². The quantitative estimate of drug-likeness (QED) is 0.813. The predicted molar refractivity (Wildman–Crippen MR) is 72.4 cm³/mol. The van der Waals surface area contributed by atoms with Crippen molar-refractivity contribution in [1.29, 1.82) is 0 Å². The SMILES string of the molecule is COC(=O)C1(N)CC1c1cc(OC)c(OC)c(OC)c1. The van der Waals surface area contributed by atoms with E-state index in [1.54, 1.807) is 21.3 Å². The average molecular weight is 281 g/mol. The summed E-state index contributed by atoms with van der Waals surface area (Å²) >= 11 is 0. The molecule has 2 atom stereocenters. The summed E-state index contributed by atoms with van der Waals surface area (Å²) in [5.41, 5.74) is 5.95. The molecule has 0 bridgehead atoms. The van der Waals surface area contributed by atoms with Gasteiger partial charge in [0.05, 0.1) is 28.4 Å². The second-order valence-electron chi connectivity index (χ2n) is 4.75. The van der Waals surface area contributed by atoms with Crippen LogP contribution in [0.15, 0.2) is 12.1 Å². The molecule has 0 amide bonds. The molecule has 6 heteroatoms. The second-order valence-corrected chi connectivity index (χ2v) is 4.75. The van der Waals surface area contributed by atoms with Gasteiger partial charge in [-0.1, -0.05) is 0 Å². The van der Waals surface area contributed by atoms with Crippen molar-refractivity contribution in [2.75, 3.05) is 28.4 Å². The lowest BCUT2D eigenvalue weighted by Crippen LogP contribution is -2.35. The van der Waals surface area contributed by atoms with Crippen molar-refractivity contribution in [3.8, 4) is 17.2 Å². The number of hydrogen-bond donors (Lipinski definition) is 1. The van der Waals surface area contributed by atoms with Crippen LogP contribution in [0.3, 0.4) is 0 Å². The van der Waals surface area contributed by atoms with E-state index in [2.05, 4.69) is 0 Å². The number of ether oxygens (including phenoxy) is 4. The number of hydrogen-bond acceptors (Lipinski definition) is 6. The molecular formula is C14H19NO5. The Morgan fingerprint density at radius 3 is 2.10 bits per heavy atom. The van der Waals surface area contributed by atoms with Crippen molar-refractivity contribution in [3.63, 3.8) is 0 Å². The van der Waals surface area contributed by atoms with Crippen LogP contribution in [0, 0.1) is 0 Å². The third-order valence-corrected chi connectivity index (χ3v) is 3.66. The van der Waals surface area contributed by atoms with E-state index in [1.165, 1.54) is 7.11 Å². The minimum atomic E-state index is -0.959. The van der Waals surface area contributed by atoms with Gasteiger partial charge in [-0.15, -0.1) is 0 Å². The maximum absolute atomic E-state index is 11.7. The summed E-state index contributed by atoms with van der Waals surface area (Å²) in [6.45, 7) is 0. The summed E-state index contributed by atoms with van der Waals surface area (Å²) in [5.74, 6) is 1.09. The predicted octanol–water partition coefficient (Wildman–Crippen LogP) is 1.07. The molecule has 0 aromatic heterocycles. The molecule has 1 aliphatic rings. The molecule has 0 aliphatic heterocycles. The van der Waals surface area contributed by atoms with E-state index in [-0.39, 0.29) is 5.92 Å². The summed E-state index contributed by atoms with van der Waals surface area (Å²) < 4.78 is 20.6. The van der Waals surface area contributed by atoms with Crippen molar-refractivity contribution in [1.82, 2.24) is 0 Å². The number of carbonyl (C=O) groups is 1. The summed E-state index contributed by atoms with van der Waals surface area (Å²) in [6, 6.07) is 3.62. The Morgan fingerprint density at radius 1 is 1.15 bits per heavy atom. The number of benzene rings is 1. The minimum Gasteiger partial charge on any atom is -0.493 e. The first-order chi connectivity index (χ1) is 9.51. The zero-order valence-corrected chi connectivity index (χ0v) is 12.1. The molecule has 2 N–H and O–H groups in total. The molecule has 1 aromatic carbocycles. The Labute approximate surface area is 117 Å². The molecule has 2 unspecified atom stereocenters. The van der Waals surface area contributed by atoms with Crippen molar-refractivity contribution in [2.24, 2.45) is 5.73 Å². The van der Waals surface area contributed by atoms with Crippen LogP contribution >= 0.6 is 0 Å². The highest BCUT2D eigenvalue weighted by molar-refractivity contribution is 5.86. The first-order valence-corrected chi connectivity index (χ1v) is 6.19. The summed E-state index contributed by atoms with van der Waals surface area (Å²) in [6.07, 6.45) is 0.540. The van der Waals surface area contributed by atoms with Gasteiger partial charge in [-0.2, -0.15) is 0 Å². The van der Waals surface area contributed by atoms with Gasteiger partial charge >= 0.3 is 5.97 Å². The van der Waals surface area contributed by atoms with Crippen molar-refractivity contribution >= 4 is 5.97 Å². The van der Waals surface area contributed by atoms with Crippen LogP contribution < -0.4 is 19.9 Å². The lowest BCUT2D eigenvalue weighted by molar-refractivity contribution is -0.143. The molecule has 1 fully saturated rings. The first kappa shape index (κ1) is 14.5. The molecule has 110 valence electrons. The largest absolute Gasteiger partial charge is 0.493 e. The van der Waals surface area contributed by atoms with Crippen LogP contribution in [0.4, 0.5) is 0 Å². The Morgan fingerprint density at radius 2 is 1.70 bits per heavy atom. The van der Waals surface area contributed by atoms with E-state index >= 15 is 0 Å². The van der Waals surface area contributed by atoms with E-state index in [1.807, 2.05) is 12.1 Å². The number of esters is 1. The van der Waals surface area contributed by atoms with Gasteiger partial charge in [0.1, 0.15) is 5.54 Å². The van der Waals surface area contributed by atoms with Gasteiger partial charge in [-0.3, -0.25) is 4.79 Å². The van der Waals surface area contributed by atoms with E-state index < -0.39 is 11.5 Å². The van der Waals surface area contributed by atoms with E-state index in [0.717, 1.165) is 5.56 Å². The fourth-order valence-corrected chi connectivity index (χ4v) is 2.41. The highest BCUT2D eigenvalue weighted by atomic mass is 16.5. The standard InChI is InChI=1S/C14H19NO5/c1-17-10-5-8(6-11(18-2)12(10)19-3)9-7-14(9,15)13(16)20-4/h5-6,9H,7,15H2,1-4H3. The molecule has 6 nitrogen and oxygen atoms in total. The molecule has 1 aliphatic carbocycles. The first-order valence-electron chi connectivity index (χ1n) is 6.19. The van der Waals surface area contributed by atoms with Gasteiger partial charge < -0.3 is 24.7 Å². The van der Waals surface area contributed by atoms with Crippen LogP contribution in [-0.2, 0) is 9.53 Å². The Bertz CT molecular complexity index is 505. The van der Waals surface area contributed by atoms with Crippen LogP contribution in [0.25, 0.3) is 0 Å². The summed E-state index contributed by atoms with van der Waals surface area (Å²) in [4.78, 5) is 11.7. The smallest absolute Gasteiger partial charge is 0.326 e. The fraction of sp³-hybridized carbons (Fsp3) is 0.500. The molecular weight excluding hydrogens is 262 g/mol. The number of carbonyl (C=O) groups excluding carboxylic acids is 1. The van der Waals surface area contributed by atoms with Crippen LogP contribution in [0.1, 0.15) is 17.9 Å². The van der Waals surface area contributed by atoms with Gasteiger partial charge in [-0.05, 0) is 24.1 Å². The molecule has 0 saturated heterocycles. The highest BCUT2D eigenvalue weighted by Gasteiger charge is 2.59. The molecule has 0 spiro atoms. The number of methoxy groups -OCH3 is 4. The monoisotopic (exact) mass is 281 g/mol. The molecule has 1 aromatic rings. The Hall–Kier alpha value is -1.95. The van der Waals surface area contributed by atoms with Crippen LogP contribution in [0.2, 0.25) is 0 Å². The minimum absolute atomic E-state index is 0.108. The average Bonchev–Trinajstić information content (AvgIpc) is 3.18. The lowest BCUT2D eigenvalue weighted by atomic mass is 10.1. The third kappa shape index (κ3) is 2.16. The Kier molecular flexibility index (Phi) is 3.76. The van der Waals surface area contributed by atoms with Gasteiger partial charge in [0.15, 0.2) is 11.5 Å². The van der Waals surface area contributed by atoms with Gasteiger partial charge in [0.25, 0.3) is 0 Å². The molecule has 0 heterocycles. The van der Waals surface area contributed by atoms with E-state index in [0.29, 0.717) is 23.7 Å². The molecule has 1 saturated carbocycles. The maximum Gasteiger partial charge on any atom is 0.326 e. The molecule has 0 radical (unpaired) electrons. The lowest BCUT2D eigenvalue weighted by Gasteiger charge is -2.15. The van der Waals surface area contributed by atoms with Crippen LogP contribution in [-0.4, -0.2) is 39.9 Å². The highest BCUT2D eigenvalue weighted by Crippen LogP contribution is 2.53. The topological polar surface area (TPSA) is 80.0 Å². The maximum atomic E-state index is 11.7. The van der Waals surface area contributed by atoms with E-state index in [4.69, 9.17) is 24.7 Å². The van der Waals surface area contributed by atoms with Crippen molar-refractivity contribution < 1.29 is 23.7 Å². The van der Waals surface area contributed by atoms with Gasteiger partial charge in [-0.25, -0.2) is 0 Å². The number of rotatable bonds is 5. The van der Waals surface area contributed by atoms with Crippen molar-refractivity contribution in [3.05, 3.63) is 17.7 Å². The van der Waals surface area contributed by atoms with Crippen molar-refractivity contribution in [2.45, 2.75) is 17.9 Å². The summed E-state index contributed by atoms with van der Waals surface area (Å²) in [7, 11) is 5.97. The number of nitrogens with two attached hydrogens (primary N) is 1.